The Labute approximate surface area is 113 Å². The number of likely N-dealkylation sites (tertiary alicyclic amines) is 1. The lowest BCUT2D eigenvalue weighted by atomic mass is 10.1. The van der Waals surface area contributed by atoms with Crippen molar-refractivity contribution in [1.82, 2.24) is 10.2 Å². The van der Waals surface area contributed by atoms with Crippen molar-refractivity contribution >= 4 is 0 Å². The minimum atomic E-state index is -0.226. The van der Waals surface area contributed by atoms with E-state index in [-0.39, 0.29) is 6.10 Å². The Balaban J connectivity index is 2.28. The van der Waals surface area contributed by atoms with E-state index in [4.69, 9.17) is 0 Å². The molecule has 108 valence electrons. The SMILES string of the molecule is CCC1CCCCCN1CC(O)CNCC(C)C. The fourth-order valence-electron chi connectivity index (χ4n) is 2.81. The van der Waals surface area contributed by atoms with Gasteiger partial charge in [-0.05, 0) is 38.3 Å². The van der Waals surface area contributed by atoms with Crippen LogP contribution in [-0.4, -0.2) is 48.3 Å². The summed E-state index contributed by atoms with van der Waals surface area (Å²) in [5.41, 5.74) is 0. The number of β-amino-alcohol motifs (C(OH)–C–C–N with tert-alkyl or cyclic N) is 1. The highest BCUT2D eigenvalue weighted by Gasteiger charge is 2.21. The maximum absolute atomic E-state index is 10.1. The normalized spacial score (nSPS) is 24.2. The third-order valence-electron chi connectivity index (χ3n) is 3.85. The Morgan fingerprint density at radius 3 is 2.67 bits per heavy atom. The first-order valence-corrected chi connectivity index (χ1v) is 7.76. The molecule has 2 N–H and O–H groups in total. The quantitative estimate of drug-likeness (QED) is 0.733. The number of rotatable bonds is 7. The van der Waals surface area contributed by atoms with Crippen LogP contribution in [0.3, 0.4) is 0 Å². The maximum Gasteiger partial charge on any atom is 0.0791 e. The topological polar surface area (TPSA) is 35.5 Å². The molecule has 3 heteroatoms. The number of nitrogens with zero attached hydrogens (tertiary/aromatic N) is 1. The summed E-state index contributed by atoms with van der Waals surface area (Å²) in [4.78, 5) is 2.51. The predicted molar refractivity (Wildman–Crippen MR) is 77.8 cm³/mol. The molecule has 2 atom stereocenters. The Morgan fingerprint density at radius 1 is 1.22 bits per heavy atom. The summed E-state index contributed by atoms with van der Waals surface area (Å²) in [5.74, 6) is 0.652. The van der Waals surface area contributed by atoms with Crippen LogP contribution < -0.4 is 5.32 Å². The molecule has 1 fully saturated rings. The van der Waals surface area contributed by atoms with Gasteiger partial charge in [-0.25, -0.2) is 0 Å². The van der Waals surface area contributed by atoms with Crippen molar-refractivity contribution in [2.75, 3.05) is 26.2 Å². The van der Waals surface area contributed by atoms with Gasteiger partial charge in [0.05, 0.1) is 6.10 Å². The van der Waals surface area contributed by atoms with Gasteiger partial charge in [-0.15, -0.1) is 0 Å². The lowest BCUT2D eigenvalue weighted by molar-refractivity contribution is 0.0855. The van der Waals surface area contributed by atoms with E-state index >= 15 is 0 Å². The first kappa shape index (κ1) is 15.9. The van der Waals surface area contributed by atoms with Gasteiger partial charge in [0.2, 0.25) is 0 Å². The number of aliphatic hydroxyl groups is 1. The van der Waals surface area contributed by atoms with Crippen molar-refractivity contribution in [2.45, 2.75) is 65.0 Å². The third kappa shape index (κ3) is 6.17. The first-order valence-electron chi connectivity index (χ1n) is 7.76. The van der Waals surface area contributed by atoms with E-state index in [1.165, 1.54) is 38.6 Å². The summed E-state index contributed by atoms with van der Waals surface area (Å²) in [6.07, 6.45) is 6.30. The van der Waals surface area contributed by atoms with Crippen LogP contribution in [0, 0.1) is 5.92 Å². The number of hydrogen-bond acceptors (Lipinski definition) is 3. The Kier molecular flexibility index (Phi) is 7.87. The molecule has 0 aliphatic carbocycles. The molecule has 1 saturated heterocycles. The van der Waals surface area contributed by atoms with Gasteiger partial charge in [-0.1, -0.05) is 33.6 Å². The molecule has 0 aromatic rings. The summed E-state index contributed by atoms with van der Waals surface area (Å²) in [6.45, 7) is 10.4. The zero-order valence-corrected chi connectivity index (χ0v) is 12.5. The van der Waals surface area contributed by atoms with Gasteiger partial charge < -0.3 is 10.4 Å². The zero-order valence-electron chi connectivity index (χ0n) is 12.5. The van der Waals surface area contributed by atoms with Crippen molar-refractivity contribution < 1.29 is 5.11 Å². The molecular weight excluding hydrogens is 224 g/mol. The largest absolute Gasteiger partial charge is 0.390 e. The summed E-state index contributed by atoms with van der Waals surface area (Å²) >= 11 is 0. The van der Waals surface area contributed by atoms with E-state index in [2.05, 4.69) is 31.0 Å². The minimum absolute atomic E-state index is 0.226. The van der Waals surface area contributed by atoms with Crippen molar-refractivity contribution in [3.05, 3.63) is 0 Å². The Bertz CT molecular complexity index is 209. The second-order valence-corrected chi connectivity index (χ2v) is 6.11. The van der Waals surface area contributed by atoms with E-state index in [1.807, 2.05) is 0 Å². The van der Waals surface area contributed by atoms with Gasteiger partial charge in [0.25, 0.3) is 0 Å². The molecule has 0 spiro atoms. The van der Waals surface area contributed by atoms with Crippen LogP contribution in [0.15, 0.2) is 0 Å². The number of hydrogen-bond donors (Lipinski definition) is 2. The third-order valence-corrected chi connectivity index (χ3v) is 3.85. The molecule has 0 aromatic heterocycles. The van der Waals surface area contributed by atoms with E-state index in [0.29, 0.717) is 12.0 Å². The molecule has 0 radical (unpaired) electrons. The summed E-state index contributed by atoms with van der Waals surface area (Å²) < 4.78 is 0. The van der Waals surface area contributed by atoms with Gasteiger partial charge in [-0.3, -0.25) is 4.90 Å². The smallest absolute Gasteiger partial charge is 0.0791 e. The highest BCUT2D eigenvalue weighted by Crippen LogP contribution is 2.19. The van der Waals surface area contributed by atoms with Crippen LogP contribution in [0.1, 0.15) is 52.9 Å². The lowest BCUT2D eigenvalue weighted by Gasteiger charge is -2.31. The molecule has 0 bridgehead atoms. The predicted octanol–water partition coefficient (Wildman–Crippen LogP) is 2.25. The maximum atomic E-state index is 10.1. The van der Waals surface area contributed by atoms with E-state index in [0.717, 1.165) is 19.6 Å². The van der Waals surface area contributed by atoms with Crippen LogP contribution in [-0.2, 0) is 0 Å². The molecule has 1 aliphatic rings. The molecule has 0 aromatic carbocycles. The fraction of sp³-hybridized carbons (Fsp3) is 1.00. The van der Waals surface area contributed by atoms with Gasteiger partial charge >= 0.3 is 0 Å². The highest BCUT2D eigenvalue weighted by molar-refractivity contribution is 4.77. The second-order valence-electron chi connectivity index (χ2n) is 6.11. The van der Waals surface area contributed by atoms with Gasteiger partial charge in [0.1, 0.15) is 0 Å². The molecule has 2 unspecified atom stereocenters. The van der Waals surface area contributed by atoms with Crippen molar-refractivity contribution in [1.29, 1.82) is 0 Å². The van der Waals surface area contributed by atoms with Crippen molar-refractivity contribution in [2.24, 2.45) is 5.92 Å². The molecule has 18 heavy (non-hydrogen) atoms. The van der Waals surface area contributed by atoms with Crippen molar-refractivity contribution in [3.8, 4) is 0 Å². The lowest BCUT2D eigenvalue weighted by Crippen LogP contribution is -2.43. The minimum Gasteiger partial charge on any atom is -0.390 e. The zero-order chi connectivity index (χ0) is 13.4. The highest BCUT2D eigenvalue weighted by atomic mass is 16.3. The molecule has 0 amide bonds. The molecular formula is C15H32N2O. The van der Waals surface area contributed by atoms with Crippen LogP contribution in [0.2, 0.25) is 0 Å². The Morgan fingerprint density at radius 2 is 2.00 bits per heavy atom. The van der Waals surface area contributed by atoms with E-state index in [1.54, 1.807) is 0 Å². The molecule has 1 aliphatic heterocycles. The van der Waals surface area contributed by atoms with Crippen molar-refractivity contribution in [3.63, 3.8) is 0 Å². The van der Waals surface area contributed by atoms with Gasteiger partial charge in [-0.2, -0.15) is 0 Å². The number of nitrogens with one attached hydrogen (secondary N) is 1. The Hall–Kier alpha value is -0.120. The second kappa shape index (κ2) is 8.89. The van der Waals surface area contributed by atoms with Crippen LogP contribution in [0.4, 0.5) is 0 Å². The monoisotopic (exact) mass is 256 g/mol. The molecule has 3 nitrogen and oxygen atoms in total. The van der Waals surface area contributed by atoms with Crippen LogP contribution in [0.25, 0.3) is 0 Å². The summed E-state index contributed by atoms with van der Waals surface area (Å²) in [7, 11) is 0. The first-order chi connectivity index (χ1) is 8.63. The summed E-state index contributed by atoms with van der Waals surface area (Å²) in [5, 5.41) is 13.5. The van der Waals surface area contributed by atoms with Gasteiger partial charge in [0.15, 0.2) is 0 Å². The van der Waals surface area contributed by atoms with Crippen LogP contribution >= 0.6 is 0 Å². The number of aliphatic hydroxyl groups excluding tert-OH is 1. The average molecular weight is 256 g/mol. The molecule has 1 rings (SSSR count). The van der Waals surface area contributed by atoms with E-state index < -0.39 is 0 Å². The molecule has 1 heterocycles. The fourth-order valence-corrected chi connectivity index (χ4v) is 2.81. The summed E-state index contributed by atoms with van der Waals surface area (Å²) in [6, 6.07) is 0.687. The van der Waals surface area contributed by atoms with Crippen LogP contribution in [0.5, 0.6) is 0 Å². The van der Waals surface area contributed by atoms with E-state index in [9.17, 15) is 5.11 Å². The average Bonchev–Trinajstić information content (AvgIpc) is 2.53. The van der Waals surface area contributed by atoms with Gasteiger partial charge in [0, 0.05) is 19.1 Å². The standard InChI is InChI=1S/C15H32N2O/c1-4-14-8-6-5-7-9-17(14)12-15(18)11-16-10-13(2)3/h13-16,18H,4-12H2,1-3H3. The molecule has 0 saturated carbocycles.